The van der Waals surface area contributed by atoms with Gasteiger partial charge in [0.1, 0.15) is 12.0 Å². The third-order valence-electron chi connectivity index (χ3n) is 2.61. The van der Waals surface area contributed by atoms with Gasteiger partial charge in [-0.3, -0.25) is 10.1 Å². The molecular weight excluding hydrogens is 317 g/mol. The minimum atomic E-state index is -4.41. The second-order valence-electron chi connectivity index (χ2n) is 4.42. The molecule has 0 aliphatic carbocycles. The van der Waals surface area contributed by atoms with Crippen LogP contribution in [0.25, 0.3) is 0 Å². The van der Waals surface area contributed by atoms with Crippen molar-refractivity contribution in [2.45, 2.75) is 12.7 Å². The molecule has 2 aromatic rings. The topological polar surface area (TPSA) is 90.2 Å². The Bertz CT molecular complexity index is 660. The van der Waals surface area contributed by atoms with Crippen molar-refractivity contribution < 1.29 is 22.8 Å². The number of pyridine rings is 2. The van der Waals surface area contributed by atoms with Crippen LogP contribution in [0.3, 0.4) is 0 Å². The van der Waals surface area contributed by atoms with Gasteiger partial charge >= 0.3 is 6.18 Å². The molecule has 122 valence electrons. The Balaban J connectivity index is 1.87. The molecule has 23 heavy (non-hydrogen) atoms. The normalized spacial score (nSPS) is 11.1. The Kier molecular flexibility index (Phi) is 4.94. The molecule has 0 aliphatic rings. The average Bonchev–Trinajstić information content (AvgIpc) is 2.51. The number of rotatable bonds is 6. The Morgan fingerprint density at radius 3 is 2.48 bits per heavy atom. The Morgan fingerprint density at radius 1 is 1.17 bits per heavy atom. The van der Waals surface area contributed by atoms with Gasteiger partial charge in [0, 0.05) is 24.9 Å². The van der Waals surface area contributed by atoms with E-state index >= 15 is 0 Å². The summed E-state index contributed by atoms with van der Waals surface area (Å²) in [6, 6.07) is 5.64. The zero-order chi connectivity index (χ0) is 16.9. The Labute approximate surface area is 128 Å². The molecule has 0 saturated carbocycles. The second kappa shape index (κ2) is 6.90. The molecule has 0 bridgehead atoms. The van der Waals surface area contributed by atoms with Crippen LogP contribution < -0.4 is 10.1 Å². The molecule has 2 aromatic heterocycles. The maximum atomic E-state index is 12.0. The molecule has 10 heteroatoms. The largest absolute Gasteiger partial charge is 0.468 e. The molecule has 0 fully saturated rings. The smallest absolute Gasteiger partial charge is 0.422 e. The highest BCUT2D eigenvalue weighted by Gasteiger charge is 2.28. The summed E-state index contributed by atoms with van der Waals surface area (Å²) in [6.45, 7) is -1.10. The van der Waals surface area contributed by atoms with E-state index in [0.717, 1.165) is 6.20 Å². The van der Waals surface area contributed by atoms with E-state index in [0.29, 0.717) is 17.9 Å². The van der Waals surface area contributed by atoms with Crippen LogP contribution in [0.4, 0.5) is 24.7 Å². The van der Waals surface area contributed by atoms with Crippen LogP contribution in [-0.4, -0.2) is 27.7 Å². The number of anilines is 1. The fraction of sp³-hybridized carbons (Fsp3) is 0.231. The molecule has 0 radical (unpaired) electrons. The molecule has 1 N–H and O–H groups in total. The van der Waals surface area contributed by atoms with Crippen LogP contribution in [0.15, 0.2) is 36.7 Å². The molecule has 0 saturated heterocycles. The van der Waals surface area contributed by atoms with E-state index in [1.165, 1.54) is 24.4 Å². The lowest BCUT2D eigenvalue weighted by molar-refractivity contribution is -0.385. The fourth-order valence-corrected chi connectivity index (χ4v) is 1.55. The Hall–Kier alpha value is -2.91. The molecule has 0 unspecified atom stereocenters. The predicted octanol–water partition coefficient (Wildman–Crippen LogP) is 2.94. The van der Waals surface area contributed by atoms with Crippen molar-refractivity contribution in [3.05, 3.63) is 52.3 Å². The van der Waals surface area contributed by atoms with Crippen molar-refractivity contribution in [3.63, 3.8) is 0 Å². The summed E-state index contributed by atoms with van der Waals surface area (Å²) in [5.74, 6) is 0.299. The van der Waals surface area contributed by atoms with E-state index < -0.39 is 17.7 Å². The summed E-state index contributed by atoms with van der Waals surface area (Å²) in [5, 5.41) is 13.4. The fourth-order valence-electron chi connectivity index (χ4n) is 1.55. The number of nitrogens with zero attached hydrogens (tertiary/aromatic N) is 3. The molecule has 0 aliphatic heterocycles. The minimum Gasteiger partial charge on any atom is -0.468 e. The van der Waals surface area contributed by atoms with Gasteiger partial charge in [0.05, 0.1) is 4.92 Å². The summed E-state index contributed by atoms with van der Waals surface area (Å²) in [5.41, 5.74) is 0.563. The molecule has 0 atom stereocenters. The van der Waals surface area contributed by atoms with Gasteiger partial charge in [-0.2, -0.15) is 13.2 Å². The highest BCUT2D eigenvalue weighted by molar-refractivity contribution is 5.40. The summed E-state index contributed by atoms with van der Waals surface area (Å²) in [7, 11) is 0. The molecular formula is C13H11F3N4O3. The zero-order valence-electron chi connectivity index (χ0n) is 11.6. The number of hydrogen-bond acceptors (Lipinski definition) is 6. The van der Waals surface area contributed by atoms with Gasteiger partial charge in [-0.05, 0) is 11.6 Å². The van der Waals surface area contributed by atoms with Gasteiger partial charge in [-0.1, -0.05) is 6.07 Å². The first-order valence-electron chi connectivity index (χ1n) is 6.32. The van der Waals surface area contributed by atoms with Gasteiger partial charge < -0.3 is 10.1 Å². The highest BCUT2D eigenvalue weighted by Crippen LogP contribution is 2.17. The average molecular weight is 328 g/mol. The third-order valence-corrected chi connectivity index (χ3v) is 2.61. The lowest BCUT2D eigenvalue weighted by Gasteiger charge is -2.09. The molecule has 2 heterocycles. The number of ether oxygens (including phenoxy) is 1. The number of alkyl halides is 3. The molecule has 0 aromatic carbocycles. The highest BCUT2D eigenvalue weighted by atomic mass is 19.4. The quantitative estimate of drug-likeness (QED) is 0.648. The lowest BCUT2D eigenvalue weighted by Crippen LogP contribution is -2.19. The predicted molar refractivity (Wildman–Crippen MR) is 74.0 cm³/mol. The van der Waals surface area contributed by atoms with Crippen molar-refractivity contribution in [2.24, 2.45) is 0 Å². The summed E-state index contributed by atoms with van der Waals surface area (Å²) >= 11 is 0. The van der Waals surface area contributed by atoms with Gasteiger partial charge in [0.2, 0.25) is 5.88 Å². The number of aromatic nitrogens is 2. The monoisotopic (exact) mass is 328 g/mol. The Morgan fingerprint density at radius 2 is 1.96 bits per heavy atom. The molecule has 0 spiro atoms. The first kappa shape index (κ1) is 16.5. The first-order valence-corrected chi connectivity index (χ1v) is 6.32. The van der Waals surface area contributed by atoms with Crippen molar-refractivity contribution in [1.82, 2.24) is 9.97 Å². The number of nitrogens with one attached hydrogen (secondary N) is 1. The van der Waals surface area contributed by atoms with Gasteiger partial charge in [0.25, 0.3) is 5.69 Å². The van der Waals surface area contributed by atoms with Gasteiger partial charge in [-0.15, -0.1) is 0 Å². The van der Waals surface area contributed by atoms with E-state index in [1.54, 1.807) is 6.07 Å². The lowest BCUT2D eigenvalue weighted by atomic mass is 10.3. The van der Waals surface area contributed by atoms with Crippen molar-refractivity contribution in [2.75, 3.05) is 11.9 Å². The minimum absolute atomic E-state index is 0.122. The van der Waals surface area contributed by atoms with Crippen LogP contribution in [0.5, 0.6) is 5.88 Å². The van der Waals surface area contributed by atoms with Crippen molar-refractivity contribution in [1.29, 1.82) is 0 Å². The van der Waals surface area contributed by atoms with Crippen LogP contribution in [0.1, 0.15) is 5.56 Å². The molecule has 7 nitrogen and oxygen atoms in total. The van der Waals surface area contributed by atoms with E-state index in [4.69, 9.17) is 0 Å². The van der Waals surface area contributed by atoms with E-state index in [1.807, 2.05) is 0 Å². The molecule has 0 amide bonds. The van der Waals surface area contributed by atoms with E-state index in [-0.39, 0.29) is 11.6 Å². The van der Waals surface area contributed by atoms with Gasteiger partial charge in [-0.25, -0.2) is 9.97 Å². The van der Waals surface area contributed by atoms with E-state index in [9.17, 15) is 23.3 Å². The summed E-state index contributed by atoms with van der Waals surface area (Å²) in [4.78, 5) is 17.6. The van der Waals surface area contributed by atoms with Crippen LogP contribution >= 0.6 is 0 Å². The number of nitro groups is 1. The van der Waals surface area contributed by atoms with Crippen molar-refractivity contribution >= 4 is 11.5 Å². The van der Waals surface area contributed by atoms with Crippen LogP contribution in [0.2, 0.25) is 0 Å². The maximum Gasteiger partial charge on any atom is 0.422 e. The first-order chi connectivity index (χ1) is 10.8. The van der Waals surface area contributed by atoms with Gasteiger partial charge in [0.15, 0.2) is 6.61 Å². The number of hydrogen-bond donors (Lipinski definition) is 1. The number of halogens is 3. The third kappa shape index (κ3) is 5.41. The summed E-state index contributed by atoms with van der Waals surface area (Å²) < 4.78 is 40.5. The van der Waals surface area contributed by atoms with Crippen LogP contribution in [0, 0.1) is 10.1 Å². The zero-order valence-corrected chi connectivity index (χ0v) is 11.6. The standard InChI is InChI=1S/C13H11F3N4O3/c14-13(15,16)8-23-12-4-1-9(6-19-12)5-17-11-3-2-10(7-18-11)20(21)22/h1-4,6-7H,5,8H2,(H,17,18). The maximum absolute atomic E-state index is 12.0. The molecule has 2 rings (SSSR count). The van der Waals surface area contributed by atoms with Crippen molar-refractivity contribution in [3.8, 4) is 5.88 Å². The van der Waals surface area contributed by atoms with Crippen LogP contribution in [-0.2, 0) is 6.54 Å². The SMILES string of the molecule is O=[N+]([O-])c1ccc(NCc2ccc(OCC(F)(F)F)nc2)nc1. The summed E-state index contributed by atoms with van der Waals surface area (Å²) in [6.07, 6.45) is -1.93. The van der Waals surface area contributed by atoms with E-state index in [2.05, 4.69) is 20.0 Å². The second-order valence-corrected chi connectivity index (χ2v) is 4.42.